The maximum atomic E-state index is 12.0. The number of likely N-dealkylation sites (N-methyl/N-ethyl adjacent to an activating group) is 2. The molecule has 1 rings (SSSR count). The van der Waals surface area contributed by atoms with E-state index in [9.17, 15) is 14.4 Å². The number of hydrogen-bond donors (Lipinski definition) is 2. The summed E-state index contributed by atoms with van der Waals surface area (Å²) >= 11 is 0. The van der Waals surface area contributed by atoms with E-state index in [1.165, 1.54) is 19.6 Å². The van der Waals surface area contributed by atoms with E-state index >= 15 is 0 Å². The van der Waals surface area contributed by atoms with E-state index in [1.54, 1.807) is 42.3 Å². The first-order valence-electron chi connectivity index (χ1n) is 6.12. The minimum absolute atomic E-state index is 0.280. The summed E-state index contributed by atoms with van der Waals surface area (Å²) < 4.78 is 0. The van der Waals surface area contributed by atoms with Crippen LogP contribution < -0.4 is 10.6 Å². The molecule has 1 fully saturated rings. The van der Waals surface area contributed by atoms with Gasteiger partial charge < -0.3 is 30.2 Å². The Kier molecular flexibility index (Phi) is 4.64. The van der Waals surface area contributed by atoms with Gasteiger partial charge in [0.2, 0.25) is 0 Å². The summed E-state index contributed by atoms with van der Waals surface area (Å²) in [6.45, 7) is 0. The van der Waals surface area contributed by atoms with Crippen LogP contribution in [0.1, 0.15) is 0 Å². The first kappa shape index (κ1) is 15.9. The van der Waals surface area contributed by atoms with Crippen molar-refractivity contribution in [3.8, 4) is 0 Å². The second-order valence-corrected chi connectivity index (χ2v) is 5.08. The minimum atomic E-state index is -0.633. The Balaban J connectivity index is 2.89. The molecule has 0 aromatic rings. The van der Waals surface area contributed by atoms with Gasteiger partial charge in [0.05, 0.1) is 0 Å². The second-order valence-electron chi connectivity index (χ2n) is 5.08. The van der Waals surface area contributed by atoms with Gasteiger partial charge in [-0.05, 0) is 0 Å². The molecule has 1 heterocycles. The molecule has 1 saturated heterocycles. The van der Waals surface area contributed by atoms with Crippen LogP contribution in [-0.4, -0.2) is 92.3 Å². The molecule has 9 heteroatoms. The number of amides is 6. The van der Waals surface area contributed by atoms with Crippen molar-refractivity contribution in [3.63, 3.8) is 0 Å². The van der Waals surface area contributed by atoms with E-state index in [4.69, 9.17) is 0 Å². The zero-order chi connectivity index (χ0) is 15.6. The van der Waals surface area contributed by atoms with Gasteiger partial charge in [-0.3, -0.25) is 0 Å². The number of hydrogen-bond acceptors (Lipinski definition) is 3. The summed E-state index contributed by atoms with van der Waals surface area (Å²) in [5, 5.41) is 5.40. The number of carbonyl (C=O) groups excluding carboxylic acids is 3. The number of nitrogens with zero attached hydrogens (tertiary/aromatic N) is 4. The Morgan fingerprint density at radius 2 is 1.20 bits per heavy atom. The Hall–Kier alpha value is -2.19. The fraction of sp³-hybridized carbons (Fsp3) is 0.727. The van der Waals surface area contributed by atoms with Gasteiger partial charge in [0, 0.05) is 42.3 Å². The molecule has 0 spiro atoms. The summed E-state index contributed by atoms with van der Waals surface area (Å²) in [4.78, 5) is 40.9. The summed E-state index contributed by atoms with van der Waals surface area (Å²) in [6.07, 6.45) is -1.27. The van der Waals surface area contributed by atoms with Crippen molar-refractivity contribution < 1.29 is 14.4 Å². The highest BCUT2D eigenvalue weighted by molar-refractivity contribution is 5.82. The number of carbonyl (C=O) groups is 3. The third kappa shape index (κ3) is 3.03. The quantitative estimate of drug-likeness (QED) is 0.695. The van der Waals surface area contributed by atoms with Gasteiger partial charge in [-0.2, -0.15) is 0 Å². The molecule has 20 heavy (non-hydrogen) atoms. The Bertz CT molecular complexity index is 375. The van der Waals surface area contributed by atoms with Gasteiger partial charge in [0.15, 0.2) is 0 Å². The molecule has 6 amide bonds. The lowest BCUT2D eigenvalue weighted by atomic mass is 10.3. The van der Waals surface area contributed by atoms with Crippen LogP contribution in [0, 0.1) is 0 Å². The first-order chi connectivity index (χ1) is 9.16. The molecular weight excluding hydrogens is 264 g/mol. The standard InChI is InChI=1S/C11H22N6O3/c1-14(2)9(18)12-7-8(13-10(19)15(3)4)17(6)11(20)16(7)5/h7-8H,1-6H3,(H,12,18)(H,13,19)/t7-,8-/m1/s1. The molecule has 0 radical (unpaired) electrons. The highest BCUT2D eigenvalue weighted by atomic mass is 16.2. The van der Waals surface area contributed by atoms with E-state index in [0.717, 1.165) is 0 Å². The summed E-state index contributed by atoms with van der Waals surface area (Å²) in [5.41, 5.74) is 0. The number of rotatable bonds is 2. The molecule has 1 aliphatic rings. The zero-order valence-electron chi connectivity index (χ0n) is 12.7. The lowest BCUT2D eigenvalue weighted by Gasteiger charge is -2.28. The van der Waals surface area contributed by atoms with Crippen molar-refractivity contribution in [1.82, 2.24) is 30.2 Å². The molecule has 0 aromatic carbocycles. The molecule has 2 N–H and O–H groups in total. The molecule has 114 valence electrons. The molecular formula is C11H22N6O3. The summed E-state index contributed by atoms with van der Waals surface area (Å²) in [6, 6.07) is -0.957. The molecule has 0 unspecified atom stereocenters. The van der Waals surface area contributed by atoms with Gasteiger partial charge in [-0.25, -0.2) is 14.4 Å². The largest absolute Gasteiger partial charge is 0.331 e. The van der Waals surface area contributed by atoms with Crippen molar-refractivity contribution in [3.05, 3.63) is 0 Å². The van der Waals surface area contributed by atoms with Gasteiger partial charge in [0.1, 0.15) is 12.3 Å². The molecule has 1 aliphatic heterocycles. The fourth-order valence-corrected chi connectivity index (χ4v) is 1.77. The highest BCUT2D eigenvalue weighted by Gasteiger charge is 2.43. The van der Waals surface area contributed by atoms with E-state index in [2.05, 4.69) is 10.6 Å². The lowest BCUT2D eigenvalue weighted by molar-refractivity contribution is 0.173. The van der Waals surface area contributed by atoms with Crippen LogP contribution in [0.15, 0.2) is 0 Å². The Labute approximate surface area is 118 Å². The van der Waals surface area contributed by atoms with Gasteiger partial charge in [0.25, 0.3) is 0 Å². The monoisotopic (exact) mass is 286 g/mol. The van der Waals surface area contributed by atoms with Crippen molar-refractivity contribution >= 4 is 18.1 Å². The van der Waals surface area contributed by atoms with Crippen LogP contribution in [0.2, 0.25) is 0 Å². The molecule has 0 saturated carbocycles. The van der Waals surface area contributed by atoms with Crippen molar-refractivity contribution in [2.24, 2.45) is 0 Å². The molecule has 0 aromatic heterocycles. The van der Waals surface area contributed by atoms with Crippen LogP contribution in [0.3, 0.4) is 0 Å². The van der Waals surface area contributed by atoms with Crippen molar-refractivity contribution in [2.45, 2.75) is 12.3 Å². The lowest BCUT2D eigenvalue weighted by Crippen LogP contribution is -2.59. The van der Waals surface area contributed by atoms with Crippen LogP contribution in [0.25, 0.3) is 0 Å². The highest BCUT2D eigenvalue weighted by Crippen LogP contribution is 2.16. The van der Waals surface area contributed by atoms with Gasteiger partial charge in [-0.15, -0.1) is 0 Å². The fourth-order valence-electron chi connectivity index (χ4n) is 1.77. The maximum absolute atomic E-state index is 12.0. The van der Waals surface area contributed by atoms with Gasteiger partial charge >= 0.3 is 18.1 Å². The van der Waals surface area contributed by atoms with Gasteiger partial charge in [-0.1, -0.05) is 0 Å². The normalized spacial score (nSPS) is 21.8. The Morgan fingerprint density at radius 1 is 0.900 bits per heavy atom. The van der Waals surface area contributed by atoms with Crippen molar-refractivity contribution in [2.75, 3.05) is 42.3 Å². The van der Waals surface area contributed by atoms with Crippen LogP contribution >= 0.6 is 0 Å². The first-order valence-corrected chi connectivity index (χ1v) is 6.12. The second kappa shape index (κ2) is 5.85. The molecule has 0 bridgehead atoms. The predicted octanol–water partition coefficient (Wildman–Crippen LogP) is -0.822. The van der Waals surface area contributed by atoms with E-state index in [0.29, 0.717) is 0 Å². The average Bonchev–Trinajstić information content (AvgIpc) is 2.56. The van der Waals surface area contributed by atoms with Crippen LogP contribution in [-0.2, 0) is 0 Å². The predicted molar refractivity (Wildman–Crippen MR) is 72.9 cm³/mol. The maximum Gasteiger partial charge on any atom is 0.323 e. The van der Waals surface area contributed by atoms with E-state index < -0.39 is 12.3 Å². The summed E-state index contributed by atoms with van der Waals surface area (Å²) in [7, 11) is 9.54. The molecule has 9 nitrogen and oxygen atoms in total. The van der Waals surface area contributed by atoms with Crippen LogP contribution in [0.4, 0.5) is 14.4 Å². The topological polar surface area (TPSA) is 88.2 Å². The van der Waals surface area contributed by atoms with Crippen molar-refractivity contribution in [1.29, 1.82) is 0 Å². The average molecular weight is 286 g/mol. The SMILES string of the molecule is CN(C)C(=O)N[C@H]1[C@H](NC(=O)N(C)C)N(C)C(=O)N1C. The molecule has 2 atom stereocenters. The Morgan fingerprint density at radius 3 is 1.45 bits per heavy atom. The smallest absolute Gasteiger partial charge is 0.323 e. The third-order valence-corrected chi connectivity index (χ3v) is 3.09. The van der Waals surface area contributed by atoms with Crippen LogP contribution in [0.5, 0.6) is 0 Å². The number of nitrogens with one attached hydrogen (secondary N) is 2. The minimum Gasteiger partial charge on any atom is -0.331 e. The molecule has 0 aliphatic carbocycles. The zero-order valence-corrected chi connectivity index (χ0v) is 12.7. The number of urea groups is 3. The third-order valence-electron chi connectivity index (χ3n) is 3.09. The summed E-state index contributed by atoms with van der Waals surface area (Å²) in [5.74, 6) is 0. The van der Waals surface area contributed by atoms with E-state index in [1.807, 2.05) is 0 Å². The van der Waals surface area contributed by atoms with E-state index in [-0.39, 0.29) is 18.1 Å².